The van der Waals surface area contributed by atoms with Gasteiger partial charge in [0.05, 0.1) is 20.1 Å². The maximum atomic E-state index is 12.2. The fourth-order valence-electron chi connectivity index (χ4n) is 1.91. The first-order valence-corrected chi connectivity index (χ1v) is 4.71. The summed E-state index contributed by atoms with van der Waals surface area (Å²) in [6.07, 6.45) is -2.17. The summed E-state index contributed by atoms with van der Waals surface area (Å²) in [4.78, 5) is 0. The maximum absolute atomic E-state index is 12.2. The third-order valence-electron chi connectivity index (χ3n) is 2.88. The Labute approximate surface area is 77.1 Å². The van der Waals surface area contributed by atoms with Gasteiger partial charge in [-0.25, -0.2) is 0 Å². The summed E-state index contributed by atoms with van der Waals surface area (Å²) in [5.41, 5.74) is 0. The number of nitrogens with zero attached hydrogens (tertiary/aromatic N) is 1. The van der Waals surface area contributed by atoms with E-state index in [-0.39, 0.29) is 4.48 Å². The Morgan fingerprint density at radius 2 is 1.69 bits per heavy atom. The van der Waals surface area contributed by atoms with E-state index >= 15 is 0 Å². The minimum absolute atomic E-state index is 0.174. The first-order valence-electron chi connectivity index (χ1n) is 4.71. The van der Waals surface area contributed by atoms with E-state index in [1.807, 2.05) is 0 Å². The number of alkyl halides is 3. The number of hydrogen-bond donors (Lipinski definition) is 0. The highest BCUT2D eigenvalue weighted by atomic mass is 19.4. The lowest BCUT2D eigenvalue weighted by molar-refractivity contribution is -0.924. The summed E-state index contributed by atoms with van der Waals surface area (Å²) >= 11 is 0. The number of piperidine rings is 1. The highest BCUT2D eigenvalue weighted by molar-refractivity contribution is 4.61. The minimum Gasteiger partial charge on any atom is -0.319 e. The van der Waals surface area contributed by atoms with Crippen LogP contribution in [0.5, 0.6) is 0 Å². The molecule has 0 aliphatic carbocycles. The molecule has 0 spiro atoms. The van der Waals surface area contributed by atoms with Gasteiger partial charge in [-0.05, 0) is 18.8 Å². The van der Waals surface area contributed by atoms with E-state index in [2.05, 4.69) is 6.92 Å². The van der Waals surface area contributed by atoms with E-state index in [1.165, 1.54) is 0 Å². The van der Waals surface area contributed by atoms with E-state index < -0.39 is 12.7 Å². The molecule has 0 unspecified atom stereocenters. The Balaban J connectivity index is 2.48. The quantitative estimate of drug-likeness (QED) is 0.565. The summed E-state index contributed by atoms with van der Waals surface area (Å²) < 4.78 is 36.7. The van der Waals surface area contributed by atoms with Crippen LogP contribution in [-0.4, -0.2) is 37.3 Å². The van der Waals surface area contributed by atoms with Gasteiger partial charge >= 0.3 is 6.18 Å². The van der Waals surface area contributed by atoms with Crippen LogP contribution >= 0.6 is 0 Å². The first kappa shape index (κ1) is 10.8. The molecule has 0 atom stereocenters. The fraction of sp³-hybridized carbons (Fsp3) is 1.00. The number of rotatable bonds is 1. The summed E-state index contributed by atoms with van der Waals surface area (Å²) in [5.74, 6) is 0.597. The van der Waals surface area contributed by atoms with Crippen molar-refractivity contribution in [3.8, 4) is 0 Å². The molecule has 0 radical (unpaired) electrons. The predicted molar refractivity (Wildman–Crippen MR) is 45.2 cm³/mol. The minimum atomic E-state index is -4.02. The van der Waals surface area contributed by atoms with Crippen LogP contribution in [0, 0.1) is 5.92 Å². The largest absolute Gasteiger partial charge is 0.438 e. The molecule has 1 saturated heterocycles. The third-order valence-corrected chi connectivity index (χ3v) is 2.88. The van der Waals surface area contributed by atoms with Crippen molar-refractivity contribution in [1.29, 1.82) is 0 Å². The lowest BCUT2D eigenvalue weighted by Gasteiger charge is -2.40. The average molecular weight is 196 g/mol. The normalized spacial score (nSPS) is 36.2. The standard InChI is InChI=1S/C9H17F3N/c1-8-3-5-13(2,6-4-8)7-9(10,11)12/h8H,3-7H2,1-2H3/q+1. The topological polar surface area (TPSA) is 0 Å². The molecule has 0 bridgehead atoms. The summed E-state index contributed by atoms with van der Waals surface area (Å²) in [6.45, 7) is 2.78. The van der Waals surface area contributed by atoms with Crippen LogP contribution in [0.2, 0.25) is 0 Å². The molecule has 13 heavy (non-hydrogen) atoms. The lowest BCUT2D eigenvalue weighted by atomic mass is 9.97. The number of quaternary nitrogens is 1. The van der Waals surface area contributed by atoms with Gasteiger partial charge in [-0.3, -0.25) is 0 Å². The molecule has 0 aromatic rings. The Hall–Kier alpha value is -0.250. The van der Waals surface area contributed by atoms with Gasteiger partial charge in [0.1, 0.15) is 0 Å². The SMILES string of the molecule is CC1CC[N+](C)(CC(F)(F)F)CC1. The summed E-state index contributed by atoms with van der Waals surface area (Å²) in [5, 5.41) is 0. The molecule has 1 rings (SSSR count). The molecule has 0 aromatic heterocycles. The van der Waals surface area contributed by atoms with E-state index in [1.54, 1.807) is 7.05 Å². The molecule has 78 valence electrons. The zero-order chi connectivity index (χ0) is 10.1. The Morgan fingerprint density at radius 3 is 2.08 bits per heavy atom. The number of likely N-dealkylation sites (tertiary alicyclic amines) is 1. The first-order chi connectivity index (χ1) is 5.81. The van der Waals surface area contributed by atoms with Crippen LogP contribution in [0.1, 0.15) is 19.8 Å². The van der Waals surface area contributed by atoms with Gasteiger partial charge in [-0.1, -0.05) is 6.92 Å². The second kappa shape index (κ2) is 3.48. The zero-order valence-electron chi connectivity index (χ0n) is 8.19. The number of hydrogen-bond acceptors (Lipinski definition) is 0. The fourth-order valence-corrected chi connectivity index (χ4v) is 1.91. The second-order valence-corrected chi connectivity index (χ2v) is 4.52. The zero-order valence-corrected chi connectivity index (χ0v) is 8.19. The molecule has 4 heteroatoms. The molecular weight excluding hydrogens is 179 g/mol. The van der Waals surface area contributed by atoms with Gasteiger partial charge < -0.3 is 4.48 Å². The van der Waals surface area contributed by atoms with Crippen molar-refractivity contribution in [3.05, 3.63) is 0 Å². The van der Waals surface area contributed by atoms with Crippen LogP contribution in [0.25, 0.3) is 0 Å². The van der Waals surface area contributed by atoms with Crippen molar-refractivity contribution in [2.45, 2.75) is 25.9 Å². The molecule has 0 aromatic carbocycles. The molecule has 0 amide bonds. The van der Waals surface area contributed by atoms with Crippen molar-refractivity contribution >= 4 is 0 Å². The van der Waals surface area contributed by atoms with E-state index in [0.717, 1.165) is 12.8 Å². The molecule has 1 fully saturated rings. The van der Waals surface area contributed by atoms with Crippen molar-refractivity contribution in [2.75, 3.05) is 26.7 Å². The van der Waals surface area contributed by atoms with Crippen molar-refractivity contribution < 1.29 is 17.7 Å². The number of halogens is 3. The monoisotopic (exact) mass is 196 g/mol. The molecule has 0 N–H and O–H groups in total. The van der Waals surface area contributed by atoms with Crippen LogP contribution in [-0.2, 0) is 0 Å². The molecule has 1 aliphatic heterocycles. The van der Waals surface area contributed by atoms with Crippen LogP contribution in [0.15, 0.2) is 0 Å². The average Bonchev–Trinajstić information content (AvgIpc) is 1.92. The highest BCUT2D eigenvalue weighted by Crippen LogP contribution is 2.26. The van der Waals surface area contributed by atoms with Crippen LogP contribution in [0.4, 0.5) is 13.2 Å². The summed E-state index contributed by atoms with van der Waals surface area (Å²) in [6, 6.07) is 0. The van der Waals surface area contributed by atoms with Crippen molar-refractivity contribution in [3.63, 3.8) is 0 Å². The molecule has 0 saturated carbocycles. The molecule has 1 aliphatic rings. The van der Waals surface area contributed by atoms with Crippen molar-refractivity contribution in [2.24, 2.45) is 5.92 Å². The maximum Gasteiger partial charge on any atom is 0.438 e. The third kappa shape index (κ3) is 3.55. The Bertz CT molecular complexity index is 168. The van der Waals surface area contributed by atoms with Crippen LogP contribution < -0.4 is 0 Å². The van der Waals surface area contributed by atoms with Gasteiger partial charge in [0.2, 0.25) is 0 Å². The highest BCUT2D eigenvalue weighted by Gasteiger charge is 2.41. The lowest BCUT2D eigenvalue weighted by Crippen LogP contribution is -2.54. The Kier molecular flexibility index (Phi) is 2.90. The van der Waals surface area contributed by atoms with E-state index in [4.69, 9.17) is 0 Å². The Morgan fingerprint density at radius 1 is 1.23 bits per heavy atom. The summed E-state index contributed by atoms with van der Waals surface area (Å²) in [7, 11) is 1.71. The van der Waals surface area contributed by atoms with Crippen LogP contribution in [0.3, 0.4) is 0 Å². The van der Waals surface area contributed by atoms with Gasteiger partial charge in [0, 0.05) is 0 Å². The van der Waals surface area contributed by atoms with Gasteiger partial charge in [-0.15, -0.1) is 0 Å². The molecule has 1 nitrogen and oxygen atoms in total. The molecule has 1 heterocycles. The second-order valence-electron chi connectivity index (χ2n) is 4.52. The smallest absolute Gasteiger partial charge is 0.319 e. The van der Waals surface area contributed by atoms with E-state index in [0.29, 0.717) is 19.0 Å². The van der Waals surface area contributed by atoms with Gasteiger partial charge in [-0.2, -0.15) is 13.2 Å². The molecular formula is C9H17F3N+. The van der Waals surface area contributed by atoms with Gasteiger partial charge in [0.15, 0.2) is 6.54 Å². The van der Waals surface area contributed by atoms with E-state index in [9.17, 15) is 13.2 Å². The van der Waals surface area contributed by atoms with Gasteiger partial charge in [0.25, 0.3) is 0 Å². The van der Waals surface area contributed by atoms with Crippen molar-refractivity contribution in [1.82, 2.24) is 0 Å². The predicted octanol–water partition coefficient (Wildman–Crippen LogP) is 2.43.